The number of hydrogen-bond acceptors (Lipinski definition) is 4. The molecule has 2 fully saturated rings. The number of rotatable bonds is 3. The molecule has 4 atom stereocenters. The van der Waals surface area contributed by atoms with Gasteiger partial charge in [0, 0.05) is 12.0 Å². The van der Waals surface area contributed by atoms with Gasteiger partial charge in [0.25, 0.3) is 0 Å². The van der Waals surface area contributed by atoms with Crippen LogP contribution in [0.5, 0.6) is 0 Å². The van der Waals surface area contributed by atoms with Crippen molar-refractivity contribution in [2.45, 2.75) is 89.0 Å². The smallest absolute Gasteiger partial charge is 0.234 e. The molecule has 0 aromatic carbocycles. The summed E-state index contributed by atoms with van der Waals surface area (Å²) in [6, 6.07) is 0.147. The lowest BCUT2D eigenvalue weighted by Gasteiger charge is -2.36. The van der Waals surface area contributed by atoms with Gasteiger partial charge < -0.3 is 10.3 Å². The highest BCUT2D eigenvalue weighted by Crippen LogP contribution is 2.40. The highest BCUT2D eigenvalue weighted by Gasteiger charge is 2.41. The van der Waals surface area contributed by atoms with Crippen molar-refractivity contribution < 1.29 is 4.52 Å². The van der Waals surface area contributed by atoms with Crippen molar-refractivity contribution in [1.82, 2.24) is 10.1 Å². The van der Waals surface area contributed by atoms with Crippen LogP contribution in [0.15, 0.2) is 4.52 Å². The summed E-state index contributed by atoms with van der Waals surface area (Å²) in [5, 5.41) is 4.32. The molecule has 0 bridgehead atoms. The Bertz CT molecular complexity index is 472. The number of nitrogens with two attached hydrogens (primary N) is 1. The summed E-state index contributed by atoms with van der Waals surface area (Å²) >= 11 is 0. The Labute approximate surface area is 127 Å². The molecule has 0 spiro atoms. The summed E-state index contributed by atoms with van der Waals surface area (Å²) in [5.74, 6) is 3.04. The van der Waals surface area contributed by atoms with E-state index in [1.54, 1.807) is 0 Å². The van der Waals surface area contributed by atoms with Gasteiger partial charge in [-0.25, -0.2) is 0 Å². The molecule has 2 aliphatic carbocycles. The molecule has 1 heterocycles. The second-order valence-electron chi connectivity index (χ2n) is 7.37. The molecule has 0 saturated heterocycles. The third-order valence-electron chi connectivity index (χ3n) is 5.94. The first-order chi connectivity index (χ1) is 10.1. The fourth-order valence-corrected chi connectivity index (χ4v) is 4.15. The Morgan fingerprint density at radius 3 is 2.86 bits per heavy atom. The molecule has 0 amide bonds. The molecule has 0 aliphatic heterocycles. The lowest BCUT2D eigenvalue weighted by Crippen LogP contribution is -2.45. The summed E-state index contributed by atoms with van der Waals surface area (Å²) in [5.41, 5.74) is 6.23. The van der Waals surface area contributed by atoms with Crippen LogP contribution in [0.3, 0.4) is 0 Å². The molecule has 4 heteroatoms. The molecule has 1 aromatic heterocycles. The molecular weight excluding hydrogens is 262 g/mol. The van der Waals surface area contributed by atoms with E-state index in [1.165, 1.54) is 44.9 Å². The average Bonchev–Trinajstić information content (AvgIpc) is 3.01. The lowest BCUT2D eigenvalue weighted by atomic mass is 9.72. The standard InChI is InChI=1S/C17H29N3O/c1-3-12-7-6-8-13(11-12)15-19-16(21-20-15)17(2)10-5-4-9-14(17)18/h12-14H,3-11,18H2,1-2H3. The quantitative estimate of drug-likeness (QED) is 0.917. The van der Waals surface area contributed by atoms with Crippen LogP contribution in [0.2, 0.25) is 0 Å². The van der Waals surface area contributed by atoms with Gasteiger partial charge in [-0.05, 0) is 38.5 Å². The van der Waals surface area contributed by atoms with Gasteiger partial charge in [-0.15, -0.1) is 0 Å². The molecule has 4 nitrogen and oxygen atoms in total. The van der Waals surface area contributed by atoms with Gasteiger partial charge in [0.05, 0.1) is 5.41 Å². The maximum Gasteiger partial charge on any atom is 0.234 e. The van der Waals surface area contributed by atoms with Crippen LogP contribution in [0.25, 0.3) is 0 Å². The van der Waals surface area contributed by atoms with E-state index in [0.717, 1.165) is 30.5 Å². The van der Waals surface area contributed by atoms with Gasteiger partial charge in [0.1, 0.15) is 0 Å². The molecule has 4 unspecified atom stereocenters. The predicted octanol–water partition coefficient (Wildman–Crippen LogP) is 3.91. The van der Waals surface area contributed by atoms with Crippen molar-refractivity contribution in [1.29, 1.82) is 0 Å². The summed E-state index contributed by atoms with van der Waals surface area (Å²) in [7, 11) is 0. The van der Waals surface area contributed by atoms with Gasteiger partial charge >= 0.3 is 0 Å². The van der Waals surface area contributed by atoms with Gasteiger partial charge in [0.15, 0.2) is 5.82 Å². The van der Waals surface area contributed by atoms with E-state index in [4.69, 9.17) is 15.2 Å². The average molecular weight is 291 g/mol. The van der Waals surface area contributed by atoms with Crippen LogP contribution in [0, 0.1) is 5.92 Å². The molecule has 2 saturated carbocycles. The third-order valence-corrected chi connectivity index (χ3v) is 5.94. The first kappa shape index (κ1) is 15.0. The predicted molar refractivity (Wildman–Crippen MR) is 83.1 cm³/mol. The molecule has 2 aliphatic rings. The van der Waals surface area contributed by atoms with E-state index < -0.39 is 0 Å². The van der Waals surface area contributed by atoms with Crippen LogP contribution in [-0.2, 0) is 5.41 Å². The molecule has 21 heavy (non-hydrogen) atoms. The molecular formula is C17H29N3O. The van der Waals surface area contributed by atoms with Crippen LogP contribution in [-0.4, -0.2) is 16.2 Å². The van der Waals surface area contributed by atoms with Gasteiger partial charge in [-0.1, -0.05) is 44.2 Å². The lowest BCUT2D eigenvalue weighted by molar-refractivity contribution is 0.202. The fourth-order valence-electron chi connectivity index (χ4n) is 4.15. The van der Waals surface area contributed by atoms with Gasteiger partial charge in [-0.2, -0.15) is 4.98 Å². The van der Waals surface area contributed by atoms with E-state index in [0.29, 0.717) is 5.92 Å². The van der Waals surface area contributed by atoms with Gasteiger partial charge in [0.2, 0.25) is 5.89 Å². The Hall–Kier alpha value is -0.900. The third kappa shape index (κ3) is 2.87. The molecule has 3 rings (SSSR count). The number of nitrogens with zero attached hydrogens (tertiary/aromatic N) is 2. The second-order valence-corrected chi connectivity index (χ2v) is 7.37. The second kappa shape index (κ2) is 6.07. The maximum absolute atomic E-state index is 6.35. The van der Waals surface area contributed by atoms with E-state index in [-0.39, 0.29) is 11.5 Å². The zero-order chi connectivity index (χ0) is 14.9. The maximum atomic E-state index is 6.35. The molecule has 1 aromatic rings. The van der Waals surface area contributed by atoms with E-state index in [2.05, 4.69) is 19.0 Å². The Morgan fingerprint density at radius 2 is 2.10 bits per heavy atom. The van der Waals surface area contributed by atoms with E-state index in [1.807, 2.05) is 0 Å². The van der Waals surface area contributed by atoms with E-state index in [9.17, 15) is 0 Å². The minimum absolute atomic E-state index is 0.123. The SMILES string of the molecule is CCC1CCCC(c2noc(C3(C)CCCCC3N)n2)C1. The zero-order valence-corrected chi connectivity index (χ0v) is 13.5. The van der Waals surface area contributed by atoms with E-state index >= 15 is 0 Å². The Morgan fingerprint density at radius 1 is 1.24 bits per heavy atom. The van der Waals surface area contributed by atoms with Crippen molar-refractivity contribution in [2.24, 2.45) is 11.7 Å². The Kier molecular flexibility index (Phi) is 4.34. The summed E-state index contributed by atoms with van der Waals surface area (Å²) in [6.45, 7) is 4.49. The molecule has 2 N–H and O–H groups in total. The highest BCUT2D eigenvalue weighted by atomic mass is 16.5. The Balaban J connectivity index is 1.76. The first-order valence-electron chi connectivity index (χ1n) is 8.73. The molecule has 118 valence electrons. The van der Waals surface area contributed by atoms with Crippen LogP contribution in [0.4, 0.5) is 0 Å². The molecule has 0 radical (unpaired) electrons. The monoisotopic (exact) mass is 291 g/mol. The zero-order valence-electron chi connectivity index (χ0n) is 13.5. The van der Waals surface area contributed by atoms with Gasteiger partial charge in [-0.3, -0.25) is 0 Å². The van der Waals surface area contributed by atoms with Crippen molar-refractivity contribution >= 4 is 0 Å². The minimum Gasteiger partial charge on any atom is -0.339 e. The normalized spacial score (nSPS) is 37.6. The van der Waals surface area contributed by atoms with Crippen LogP contribution < -0.4 is 5.73 Å². The number of aromatic nitrogens is 2. The van der Waals surface area contributed by atoms with Crippen molar-refractivity contribution in [2.75, 3.05) is 0 Å². The summed E-state index contributed by atoms with van der Waals surface area (Å²) in [4.78, 5) is 4.79. The van der Waals surface area contributed by atoms with Crippen molar-refractivity contribution in [3.8, 4) is 0 Å². The van der Waals surface area contributed by atoms with Crippen LogP contribution >= 0.6 is 0 Å². The first-order valence-corrected chi connectivity index (χ1v) is 8.73. The van der Waals surface area contributed by atoms with Crippen molar-refractivity contribution in [3.05, 3.63) is 11.7 Å². The summed E-state index contributed by atoms with van der Waals surface area (Å²) in [6.07, 6.45) is 10.9. The topological polar surface area (TPSA) is 64.9 Å². The van der Waals surface area contributed by atoms with Crippen LogP contribution in [0.1, 0.15) is 89.3 Å². The fraction of sp³-hybridized carbons (Fsp3) is 0.882. The largest absolute Gasteiger partial charge is 0.339 e. The minimum atomic E-state index is -0.123. The highest BCUT2D eigenvalue weighted by molar-refractivity contribution is 5.11. The summed E-state index contributed by atoms with van der Waals surface area (Å²) < 4.78 is 5.66. The van der Waals surface area contributed by atoms with Crippen molar-refractivity contribution in [3.63, 3.8) is 0 Å². The number of hydrogen-bond donors (Lipinski definition) is 1.